The fraction of sp³-hybridized carbons (Fsp3) is 0.324. The van der Waals surface area contributed by atoms with Gasteiger partial charge in [-0.05, 0) is 19.1 Å². The molecule has 1 radical (unpaired) electrons. The van der Waals surface area contributed by atoms with Crippen LogP contribution in [0, 0.1) is 49.9 Å². The Kier molecular flexibility index (Phi) is 22.0. The van der Waals surface area contributed by atoms with Gasteiger partial charge in [0.1, 0.15) is 24.0 Å². The van der Waals surface area contributed by atoms with Gasteiger partial charge < -0.3 is 15.0 Å². The minimum absolute atomic E-state index is 0. The van der Waals surface area contributed by atoms with Crippen LogP contribution >= 0.6 is 23.5 Å². The molecule has 55 heavy (non-hydrogen) atoms. The van der Waals surface area contributed by atoms with Crippen molar-refractivity contribution in [3.05, 3.63) is 95.3 Å². The summed E-state index contributed by atoms with van der Waals surface area (Å²) < 4.78 is 79.6. The Balaban J connectivity index is 0.000000454. The molecule has 0 aliphatic carbocycles. The van der Waals surface area contributed by atoms with Gasteiger partial charge in [-0.15, -0.1) is 17.3 Å². The number of ketones is 1. The second-order valence-corrected chi connectivity index (χ2v) is 14.0. The molecule has 0 fully saturated rings. The Hall–Kier alpha value is -3.29. The molecule has 0 aliphatic rings. The molecule has 293 valence electrons. The van der Waals surface area contributed by atoms with Crippen molar-refractivity contribution in [3.63, 3.8) is 0 Å². The third-order valence-electron chi connectivity index (χ3n) is 6.75. The number of hydrogen-bond acceptors (Lipinski definition) is 7. The van der Waals surface area contributed by atoms with E-state index in [4.69, 9.17) is 12.2 Å². The van der Waals surface area contributed by atoms with Crippen LogP contribution in [0.15, 0.2) is 76.6 Å². The van der Waals surface area contributed by atoms with Crippen molar-refractivity contribution in [2.75, 3.05) is 36.7 Å². The van der Waals surface area contributed by atoms with Gasteiger partial charge in [-0.1, -0.05) is 19.9 Å². The third kappa shape index (κ3) is 20.4. The molecule has 0 unspecified atom stereocenters. The van der Waals surface area contributed by atoms with Crippen LogP contribution in [0.2, 0.25) is 0 Å². The smallest absolute Gasteiger partial charge is 0 e. The first-order valence-corrected chi connectivity index (χ1v) is 18.0. The summed E-state index contributed by atoms with van der Waals surface area (Å²) >= 11 is 1.05. The zero-order chi connectivity index (χ0) is 40.5. The van der Waals surface area contributed by atoms with E-state index in [-0.39, 0.29) is 71.6 Å². The number of carbonyl (C=O) groups excluding carboxylic acids is 2. The van der Waals surface area contributed by atoms with Gasteiger partial charge in [-0.2, -0.15) is 39.9 Å². The number of urea groups is 1. The molecule has 2 N–H and O–H groups in total. The SMILES string of the molecule is CCC(=O)CS/C(C)=N\C(=O)Nc1ccc(-c2cc(N(C)C)n[nH]2)cc1F.Cc1c[c-]ccc1COCC(C)(F)F.[B]=Cc1ccc(SC(F)(F)F)cc1.[U]. The fourth-order valence-electron chi connectivity index (χ4n) is 3.91. The van der Waals surface area contributed by atoms with Crippen molar-refractivity contribution in [1.82, 2.24) is 10.2 Å². The van der Waals surface area contributed by atoms with Crippen molar-refractivity contribution in [3.8, 4) is 11.3 Å². The molecule has 3 aromatic carbocycles. The number of anilines is 2. The summed E-state index contributed by atoms with van der Waals surface area (Å²) in [6, 6.07) is 19.7. The molecule has 8 nitrogen and oxygen atoms in total. The number of nitrogens with one attached hydrogen (secondary N) is 2. The maximum absolute atomic E-state index is 14.3. The van der Waals surface area contributed by atoms with Gasteiger partial charge in [-0.3, -0.25) is 9.89 Å². The predicted molar refractivity (Wildman–Crippen MR) is 208 cm³/mol. The van der Waals surface area contributed by atoms with E-state index >= 15 is 0 Å². The van der Waals surface area contributed by atoms with Crippen LogP contribution in [-0.2, 0) is 16.1 Å². The number of amides is 2. The van der Waals surface area contributed by atoms with Gasteiger partial charge in [0, 0.05) is 70.2 Å². The number of rotatable bonds is 12. The standard InChI is InChI=1S/C18H22FN5O2S.C11H13F2O.C8H5BF3S.U/c1-5-13(25)10-27-11(2)20-18(26)21-15-7-6-12(8-14(15)19)16-9-17(23-22-16)24(3)4;1-9-5-3-4-6-10(9)7-14-8-11(2,12)13;9-5-6-1-3-7(4-2-6)13-8(10,11)12;/h6-9H,5,10H2,1-4H3,(H,21,26)(H,22,23);4-6H,7-8H2,1-2H3;1-5H;/q;-1;;/b20-11-;;;. The molecule has 1 aromatic heterocycles. The molecule has 0 aliphatic heterocycles. The van der Waals surface area contributed by atoms with Crippen molar-refractivity contribution >= 4 is 65.3 Å². The predicted octanol–water partition coefficient (Wildman–Crippen LogP) is 9.53. The van der Waals surface area contributed by atoms with Crippen LogP contribution in [0.4, 0.5) is 42.6 Å². The molecular weight excluding hydrogens is 989 g/mol. The summed E-state index contributed by atoms with van der Waals surface area (Å²) in [6.07, 6.45) is 0.441. The molecule has 4 rings (SSSR count). The van der Waals surface area contributed by atoms with Gasteiger partial charge >= 0.3 is 84.7 Å². The number of aromatic amines is 1. The second-order valence-electron chi connectivity index (χ2n) is 11.7. The topological polar surface area (TPSA) is 99.7 Å². The number of aryl methyl sites for hydroxylation is 1. The van der Waals surface area contributed by atoms with Crippen LogP contribution in [0.5, 0.6) is 0 Å². The Morgan fingerprint density at radius 1 is 1.09 bits per heavy atom. The molecular formula is C37H40BF6N5O3S2U-. The number of halogens is 6. The Labute approximate surface area is 350 Å². The number of hydrogen-bond donors (Lipinski definition) is 2. The van der Waals surface area contributed by atoms with E-state index < -0.39 is 29.9 Å². The quantitative estimate of drug-likeness (QED) is 0.0365. The van der Waals surface area contributed by atoms with Gasteiger partial charge in [0.2, 0.25) is 0 Å². The maximum atomic E-state index is 14.3. The summed E-state index contributed by atoms with van der Waals surface area (Å²) in [6.45, 7) is 5.85. The number of aromatic nitrogens is 2. The second kappa shape index (κ2) is 24.4. The van der Waals surface area contributed by atoms with Crippen molar-refractivity contribution in [2.24, 2.45) is 4.99 Å². The zero-order valence-electron chi connectivity index (χ0n) is 31.0. The van der Waals surface area contributed by atoms with E-state index in [2.05, 4.69) is 26.6 Å². The number of carbonyl (C=O) groups is 2. The number of alkyl halides is 5. The van der Waals surface area contributed by atoms with E-state index in [0.29, 0.717) is 28.3 Å². The van der Waals surface area contributed by atoms with Gasteiger partial charge in [-0.25, -0.2) is 18.0 Å². The van der Waals surface area contributed by atoms with Crippen molar-refractivity contribution in [1.29, 1.82) is 0 Å². The summed E-state index contributed by atoms with van der Waals surface area (Å²) in [4.78, 5) is 29.0. The molecule has 1 heterocycles. The van der Waals surface area contributed by atoms with Crippen LogP contribution < -0.4 is 10.2 Å². The Morgan fingerprint density at radius 2 is 1.76 bits per heavy atom. The van der Waals surface area contributed by atoms with Crippen LogP contribution in [-0.4, -0.2) is 78.4 Å². The van der Waals surface area contributed by atoms with E-state index in [0.717, 1.165) is 23.9 Å². The Bertz CT molecular complexity index is 1860. The number of thioether (sulfide) groups is 2. The minimum Gasteiger partial charge on any atom is 0 e. The summed E-state index contributed by atoms with van der Waals surface area (Å²) in [5.41, 5.74) is -0.289. The minimum atomic E-state index is -4.23. The molecule has 0 atom stereocenters. The number of Topliss-reactive ketones (excluding diaryl/α,β-unsaturated/α-hetero) is 1. The molecule has 4 aromatic rings. The molecule has 2 amide bonds. The van der Waals surface area contributed by atoms with E-state index in [9.17, 15) is 35.9 Å². The van der Waals surface area contributed by atoms with E-state index in [1.165, 1.54) is 54.1 Å². The van der Waals surface area contributed by atoms with Crippen LogP contribution in [0.25, 0.3) is 11.3 Å². The number of aliphatic imine (C=N–C) groups is 1. The zero-order valence-corrected chi connectivity index (χ0v) is 36.8. The first kappa shape index (κ1) is 49.7. The number of ether oxygens (including phenoxy) is 1. The number of H-pyrrole nitrogens is 1. The monoisotopic (exact) mass is 1030 g/mol. The molecule has 0 saturated heterocycles. The Morgan fingerprint density at radius 3 is 2.29 bits per heavy atom. The van der Waals surface area contributed by atoms with Gasteiger partial charge in [0.15, 0.2) is 0 Å². The number of nitrogens with zero attached hydrogens (tertiary/aromatic N) is 3. The molecule has 18 heteroatoms. The van der Waals surface area contributed by atoms with Crippen molar-refractivity contribution in [2.45, 2.75) is 57.0 Å². The maximum Gasteiger partial charge on any atom is 0 e. The summed E-state index contributed by atoms with van der Waals surface area (Å²) in [5, 5.41) is 9.83. The average molecular weight is 1030 g/mol. The van der Waals surface area contributed by atoms with Crippen LogP contribution in [0.1, 0.15) is 43.9 Å². The third-order valence-corrected chi connectivity index (χ3v) is 8.46. The number of benzene rings is 3. The van der Waals surface area contributed by atoms with Crippen molar-refractivity contribution < 1.29 is 71.8 Å². The van der Waals surface area contributed by atoms with E-state index in [1.54, 1.807) is 32.0 Å². The molecule has 0 saturated carbocycles. The largest absolute Gasteiger partial charge is 0 e. The normalized spacial score (nSPS) is 11.2. The first-order valence-electron chi connectivity index (χ1n) is 16.2. The first-order chi connectivity index (χ1) is 25.3. The summed E-state index contributed by atoms with van der Waals surface area (Å²) in [7, 11) is 8.89. The van der Waals surface area contributed by atoms with Crippen LogP contribution in [0.3, 0.4) is 0 Å². The average Bonchev–Trinajstić information content (AvgIpc) is 3.60. The molecule has 0 spiro atoms. The van der Waals surface area contributed by atoms with Gasteiger partial charge in [0.25, 0.3) is 5.92 Å². The van der Waals surface area contributed by atoms with Gasteiger partial charge in [0.05, 0.1) is 28.8 Å². The van der Waals surface area contributed by atoms with E-state index in [1.807, 2.05) is 38.1 Å². The summed E-state index contributed by atoms with van der Waals surface area (Å²) in [5.74, 6) is -0.930. The molecule has 0 bridgehead atoms. The fourth-order valence-corrected chi connectivity index (χ4v) is 5.17.